The number of alkyl halides is 3. The van der Waals surface area contributed by atoms with Crippen molar-refractivity contribution in [1.82, 2.24) is 15.0 Å². The molecule has 3 aromatic rings. The number of carbonyl (C=O) groups is 2. The molecule has 0 aliphatic heterocycles. The molecule has 2 heterocycles. The first kappa shape index (κ1) is 24.2. The van der Waals surface area contributed by atoms with Gasteiger partial charge in [0.25, 0.3) is 11.5 Å². The third-order valence-electron chi connectivity index (χ3n) is 5.80. The van der Waals surface area contributed by atoms with Crippen molar-refractivity contribution in [2.24, 2.45) is 0 Å². The highest BCUT2D eigenvalue weighted by Gasteiger charge is 2.31. The molecule has 1 amide bonds. The number of amides is 1. The van der Waals surface area contributed by atoms with E-state index in [2.05, 4.69) is 10.5 Å². The van der Waals surface area contributed by atoms with Crippen molar-refractivity contribution < 1.29 is 32.4 Å². The SMILES string of the molecule is Cc1c(C(=O)NCc2cc(C3CC3)no2)cc(CCC(=O)O)c(=O)n1-c1cccc(C(F)(F)F)c1. The molecular formula is C24H22F3N3O5. The maximum absolute atomic E-state index is 13.3. The van der Waals surface area contributed by atoms with Crippen LogP contribution < -0.4 is 10.9 Å². The summed E-state index contributed by atoms with van der Waals surface area (Å²) in [5, 5.41) is 15.7. The number of nitrogens with zero attached hydrogens (tertiary/aromatic N) is 2. The lowest BCUT2D eigenvalue weighted by Gasteiger charge is -2.17. The van der Waals surface area contributed by atoms with Crippen LogP contribution in [0.25, 0.3) is 5.69 Å². The number of carboxylic acids is 1. The van der Waals surface area contributed by atoms with Gasteiger partial charge in [0.15, 0.2) is 5.76 Å². The quantitative estimate of drug-likeness (QED) is 0.495. The Hall–Kier alpha value is -3.89. The Morgan fingerprint density at radius 1 is 1.23 bits per heavy atom. The predicted octanol–water partition coefficient (Wildman–Crippen LogP) is 3.98. The van der Waals surface area contributed by atoms with E-state index in [4.69, 9.17) is 9.63 Å². The highest BCUT2D eigenvalue weighted by molar-refractivity contribution is 5.95. The molecule has 184 valence electrons. The van der Waals surface area contributed by atoms with E-state index in [1.807, 2.05) is 0 Å². The van der Waals surface area contributed by atoms with Gasteiger partial charge in [0.05, 0.1) is 23.4 Å². The van der Waals surface area contributed by atoms with E-state index in [9.17, 15) is 27.6 Å². The van der Waals surface area contributed by atoms with Gasteiger partial charge in [0.2, 0.25) is 0 Å². The Morgan fingerprint density at radius 2 is 1.97 bits per heavy atom. The van der Waals surface area contributed by atoms with Crippen molar-refractivity contribution in [2.75, 3.05) is 0 Å². The number of pyridine rings is 1. The minimum Gasteiger partial charge on any atom is -0.481 e. The zero-order valence-corrected chi connectivity index (χ0v) is 18.7. The van der Waals surface area contributed by atoms with Crippen LogP contribution in [-0.4, -0.2) is 26.7 Å². The molecule has 4 rings (SSSR count). The molecule has 0 atom stereocenters. The van der Waals surface area contributed by atoms with Crippen LogP contribution in [0.4, 0.5) is 13.2 Å². The number of halogens is 3. The van der Waals surface area contributed by atoms with Gasteiger partial charge in [0.1, 0.15) is 0 Å². The maximum Gasteiger partial charge on any atom is 0.416 e. The summed E-state index contributed by atoms with van der Waals surface area (Å²) in [5.74, 6) is -0.934. The normalized spacial score (nSPS) is 13.6. The summed E-state index contributed by atoms with van der Waals surface area (Å²) in [6, 6.07) is 7.21. The molecule has 0 bridgehead atoms. The number of rotatable bonds is 8. The van der Waals surface area contributed by atoms with Crippen molar-refractivity contribution in [3.05, 3.63) is 80.6 Å². The fourth-order valence-electron chi connectivity index (χ4n) is 3.79. The summed E-state index contributed by atoms with van der Waals surface area (Å²) >= 11 is 0. The van der Waals surface area contributed by atoms with E-state index in [0.717, 1.165) is 41.3 Å². The zero-order chi connectivity index (χ0) is 25.3. The highest BCUT2D eigenvalue weighted by atomic mass is 19.4. The van der Waals surface area contributed by atoms with Crippen molar-refractivity contribution in [3.63, 3.8) is 0 Å². The van der Waals surface area contributed by atoms with Crippen LogP contribution in [0.3, 0.4) is 0 Å². The monoisotopic (exact) mass is 489 g/mol. The summed E-state index contributed by atoms with van der Waals surface area (Å²) in [4.78, 5) is 37.2. The first-order valence-corrected chi connectivity index (χ1v) is 10.9. The van der Waals surface area contributed by atoms with Gasteiger partial charge in [-0.3, -0.25) is 19.0 Å². The minimum atomic E-state index is -4.63. The van der Waals surface area contributed by atoms with Crippen LogP contribution in [0.15, 0.2) is 45.7 Å². The molecule has 0 spiro atoms. The van der Waals surface area contributed by atoms with E-state index in [-0.39, 0.29) is 41.9 Å². The largest absolute Gasteiger partial charge is 0.481 e. The molecule has 2 N–H and O–H groups in total. The fraction of sp³-hybridized carbons (Fsp3) is 0.333. The van der Waals surface area contributed by atoms with Gasteiger partial charge in [-0.15, -0.1) is 0 Å². The van der Waals surface area contributed by atoms with Crippen LogP contribution in [-0.2, 0) is 23.9 Å². The Balaban J connectivity index is 1.70. The second-order valence-electron chi connectivity index (χ2n) is 8.43. The number of hydrogen-bond donors (Lipinski definition) is 2. The summed E-state index contributed by atoms with van der Waals surface area (Å²) in [5.41, 5.74) is -0.774. The molecule has 0 unspecified atom stereocenters. The van der Waals surface area contributed by atoms with Gasteiger partial charge in [-0.25, -0.2) is 0 Å². The number of aryl methyl sites for hydroxylation is 1. The summed E-state index contributed by atoms with van der Waals surface area (Å²) in [7, 11) is 0. The Bertz CT molecular complexity index is 1340. The summed E-state index contributed by atoms with van der Waals surface area (Å²) in [6.07, 6.45) is -3.14. The molecule has 1 saturated carbocycles. The van der Waals surface area contributed by atoms with Crippen LogP contribution in [0, 0.1) is 6.92 Å². The van der Waals surface area contributed by atoms with Gasteiger partial charge in [-0.1, -0.05) is 11.2 Å². The van der Waals surface area contributed by atoms with E-state index < -0.39 is 29.2 Å². The van der Waals surface area contributed by atoms with E-state index >= 15 is 0 Å². The van der Waals surface area contributed by atoms with Crippen LogP contribution in [0.2, 0.25) is 0 Å². The Kier molecular flexibility index (Phi) is 6.51. The van der Waals surface area contributed by atoms with E-state index in [1.165, 1.54) is 19.1 Å². The average molecular weight is 489 g/mol. The number of carbonyl (C=O) groups excluding carboxylic acids is 1. The number of aromatic nitrogens is 2. The Labute approximate surface area is 197 Å². The third kappa shape index (κ3) is 5.44. The lowest BCUT2D eigenvalue weighted by Crippen LogP contribution is -2.31. The van der Waals surface area contributed by atoms with Gasteiger partial charge < -0.3 is 14.9 Å². The van der Waals surface area contributed by atoms with E-state index in [1.54, 1.807) is 6.07 Å². The topological polar surface area (TPSA) is 114 Å². The third-order valence-corrected chi connectivity index (χ3v) is 5.80. The van der Waals surface area contributed by atoms with Gasteiger partial charge >= 0.3 is 12.1 Å². The van der Waals surface area contributed by atoms with Crippen molar-refractivity contribution in [3.8, 4) is 5.69 Å². The molecule has 1 aliphatic rings. The van der Waals surface area contributed by atoms with Crippen molar-refractivity contribution in [1.29, 1.82) is 0 Å². The summed E-state index contributed by atoms with van der Waals surface area (Å²) < 4.78 is 46.0. The van der Waals surface area contributed by atoms with Gasteiger partial charge in [0, 0.05) is 35.3 Å². The molecule has 0 radical (unpaired) electrons. The number of benzene rings is 1. The van der Waals surface area contributed by atoms with Crippen LogP contribution >= 0.6 is 0 Å². The minimum absolute atomic E-state index is 0.00348. The van der Waals surface area contributed by atoms with Gasteiger partial charge in [-0.05, 0) is 50.5 Å². The number of nitrogens with one attached hydrogen (secondary N) is 1. The molecule has 1 aliphatic carbocycles. The van der Waals surface area contributed by atoms with Crippen LogP contribution in [0.1, 0.15) is 63.8 Å². The molecular weight excluding hydrogens is 467 g/mol. The average Bonchev–Trinajstić information content (AvgIpc) is 3.54. The highest BCUT2D eigenvalue weighted by Crippen LogP contribution is 2.39. The zero-order valence-electron chi connectivity index (χ0n) is 18.7. The second kappa shape index (κ2) is 9.40. The predicted molar refractivity (Wildman–Crippen MR) is 117 cm³/mol. The molecule has 1 fully saturated rings. The first-order chi connectivity index (χ1) is 16.5. The summed E-state index contributed by atoms with van der Waals surface area (Å²) in [6.45, 7) is 1.46. The molecule has 35 heavy (non-hydrogen) atoms. The lowest BCUT2D eigenvalue weighted by molar-refractivity contribution is -0.138. The number of hydrogen-bond acceptors (Lipinski definition) is 5. The van der Waals surface area contributed by atoms with Crippen molar-refractivity contribution >= 4 is 11.9 Å². The first-order valence-electron chi connectivity index (χ1n) is 10.9. The maximum atomic E-state index is 13.3. The molecule has 8 nitrogen and oxygen atoms in total. The van der Waals surface area contributed by atoms with Crippen LogP contribution in [0.5, 0.6) is 0 Å². The van der Waals surface area contributed by atoms with Crippen molar-refractivity contribution in [2.45, 2.75) is 51.2 Å². The molecule has 11 heteroatoms. The standard InChI is InChI=1S/C24H22F3N3O5/c1-13-19(22(33)28-12-18-11-20(29-35-18)14-5-6-14)9-15(7-8-21(31)32)23(34)30(13)17-4-2-3-16(10-17)24(25,26)27/h2-4,9-11,14H,5-8,12H2,1H3,(H,28,33)(H,31,32). The second-order valence-corrected chi connectivity index (χ2v) is 8.43. The molecule has 0 saturated heterocycles. The fourth-order valence-corrected chi connectivity index (χ4v) is 3.79. The smallest absolute Gasteiger partial charge is 0.416 e. The lowest BCUT2D eigenvalue weighted by atomic mass is 10.0. The number of carboxylic acid groups (broad SMARTS) is 1. The van der Waals surface area contributed by atoms with Gasteiger partial charge in [-0.2, -0.15) is 13.2 Å². The molecule has 2 aromatic heterocycles. The Morgan fingerprint density at radius 3 is 2.63 bits per heavy atom. The molecule has 1 aromatic carbocycles. The number of aliphatic carboxylic acids is 1. The van der Waals surface area contributed by atoms with E-state index in [0.29, 0.717) is 11.7 Å².